The van der Waals surface area contributed by atoms with Gasteiger partial charge >= 0.3 is 0 Å². The maximum Gasteiger partial charge on any atom is 0.192 e. The SMILES string of the molecule is CN(CCO[Si](C)(C)C(C)(C)C)c1cccc2cnc(Cl)cc12. The molecule has 1 heterocycles. The van der Waals surface area contributed by atoms with Gasteiger partial charge in [0.2, 0.25) is 0 Å². The molecule has 0 saturated heterocycles. The molecule has 0 radical (unpaired) electrons. The molecular formula is C18H27ClN2OSi. The number of fused-ring (bicyclic) bond motifs is 1. The fourth-order valence-electron chi connectivity index (χ4n) is 2.24. The molecule has 2 rings (SSSR count). The van der Waals surface area contributed by atoms with Crippen LogP contribution in [-0.4, -0.2) is 33.5 Å². The highest BCUT2D eigenvalue weighted by Gasteiger charge is 2.36. The molecule has 0 aliphatic carbocycles. The predicted octanol–water partition coefficient (Wildman–Crippen LogP) is 5.35. The molecule has 5 heteroatoms. The number of nitrogens with zero attached hydrogens (tertiary/aromatic N) is 2. The Kier molecular flexibility index (Phi) is 5.39. The van der Waals surface area contributed by atoms with Crippen molar-refractivity contribution in [3.8, 4) is 0 Å². The van der Waals surface area contributed by atoms with Crippen molar-refractivity contribution in [3.05, 3.63) is 35.6 Å². The molecule has 2 aromatic rings. The van der Waals surface area contributed by atoms with Gasteiger partial charge < -0.3 is 9.33 Å². The molecule has 0 atom stereocenters. The van der Waals surface area contributed by atoms with Crippen LogP contribution >= 0.6 is 11.6 Å². The van der Waals surface area contributed by atoms with E-state index in [0.717, 1.165) is 29.6 Å². The third-order valence-corrected chi connectivity index (χ3v) is 9.56. The van der Waals surface area contributed by atoms with E-state index in [1.54, 1.807) is 0 Å². The quantitative estimate of drug-likeness (QED) is 0.537. The summed E-state index contributed by atoms with van der Waals surface area (Å²) in [6, 6.07) is 8.16. The lowest BCUT2D eigenvalue weighted by atomic mass is 10.1. The Labute approximate surface area is 145 Å². The molecule has 0 spiro atoms. The standard InChI is InChI=1S/C18H27ClN2OSi/c1-18(2,3)23(5,6)22-11-10-21(4)16-9-7-8-14-13-20-17(19)12-15(14)16/h7-9,12-13H,10-11H2,1-6H3. The first kappa shape index (κ1) is 18.2. The third kappa shape index (κ3) is 4.25. The maximum absolute atomic E-state index is 6.28. The second-order valence-electron chi connectivity index (χ2n) is 7.54. The fraction of sp³-hybridized carbons (Fsp3) is 0.500. The highest BCUT2D eigenvalue weighted by Crippen LogP contribution is 2.36. The van der Waals surface area contributed by atoms with Crippen LogP contribution in [0.4, 0.5) is 5.69 Å². The molecule has 126 valence electrons. The molecule has 0 N–H and O–H groups in total. The molecule has 3 nitrogen and oxygen atoms in total. The molecule has 0 fully saturated rings. The van der Waals surface area contributed by atoms with Gasteiger partial charge in [0.25, 0.3) is 0 Å². The highest BCUT2D eigenvalue weighted by atomic mass is 35.5. The molecule has 0 amide bonds. The van der Waals surface area contributed by atoms with Crippen LogP contribution in [0, 0.1) is 0 Å². The van der Waals surface area contributed by atoms with E-state index in [0.29, 0.717) is 5.15 Å². The average molecular weight is 351 g/mol. The summed E-state index contributed by atoms with van der Waals surface area (Å²) in [5, 5.41) is 2.99. The Morgan fingerprint density at radius 1 is 1.26 bits per heavy atom. The number of anilines is 1. The number of pyridine rings is 1. The molecule has 1 aromatic carbocycles. The Morgan fingerprint density at radius 2 is 1.96 bits per heavy atom. The summed E-state index contributed by atoms with van der Waals surface area (Å²) in [5.41, 5.74) is 1.16. The van der Waals surface area contributed by atoms with Gasteiger partial charge in [-0.05, 0) is 30.3 Å². The number of likely N-dealkylation sites (N-methyl/N-ethyl adjacent to an activating group) is 1. The number of rotatable bonds is 5. The lowest BCUT2D eigenvalue weighted by Crippen LogP contribution is -2.42. The van der Waals surface area contributed by atoms with Crippen molar-refractivity contribution in [3.63, 3.8) is 0 Å². The first-order valence-electron chi connectivity index (χ1n) is 8.01. The van der Waals surface area contributed by atoms with E-state index in [1.165, 1.54) is 0 Å². The summed E-state index contributed by atoms with van der Waals surface area (Å²) < 4.78 is 6.28. The Balaban J connectivity index is 2.10. The molecule has 0 bridgehead atoms. The van der Waals surface area contributed by atoms with Gasteiger partial charge in [-0.2, -0.15) is 0 Å². The van der Waals surface area contributed by atoms with Gasteiger partial charge in [-0.15, -0.1) is 0 Å². The van der Waals surface area contributed by atoms with E-state index < -0.39 is 8.32 Å². The zero-order chi connectivity index (χ0) is 17.3. The van der Waals surface area contributed by atoms with E-state index in [9.17, 15) is 0 Å². The number of hydrogen-bond acceptors (Lipinski definition) is 3. The van der Waals surface area contributed by atoms with Gasteiger partial charge in [-0.1, -0.05) is 44.5 Å². The van der Waals surface area contributed by atoms with E-state index >= 15 is 0 Å². The minimum atomic E-state index is -1.69. The molecule has 0 unspecified atom stereocenters. The summed E-state index contributed by atoms with van der Waals surface area (Å²) >= 11 is 6.06. The molecule has 0 saturated carbocycles. The van der Waals surface area contributed by atoms with Crippen LogP contribution < -0.4 is 4.90 Å². The van der Waals surface area contributed by atoms with Gasteiger partial charge in [0.15, 0.2) is 8.32 Å². The van der Waals surface area contributed by atoms with Crippen molar-refractivity contribution in [2.24, 2.45) is 0 Å². The minimum Gasteiger partial charge on any atom is -0.415 e. The van der Waals surface area contributed by atoms with Crippen molar-refractivity contribution in [2.45, 2.75) is 38.9 Å². The van der Waals surface area contributed by atoms with Crippen LogP contribution in [0.2, 0.25) is 23.3 Å². The first-order valence-corrected chi connectivity index (χ1v) is 11.3. The highest BCUT2D eigenvalue weighted by molar-refractivity contribution is 6.74. The van der Waals surface area contributed by atoms with Crippen LogP contribution in [0.25, 0.3) is 10.8 Å². The number of hydrogen-bond donors (Lipinski definition) is 0. The van der Waals surface area contributed by atoms with Crippen molar-refractivity contribution in [1.29, 1.82) is 0 Å². The first-order chi connectivity index (χ1) is 10.6. The van der Waals surface area contributed by atoms with Crippen molar-refractivity contribution in [2.75, 3.05) is 25.1 Å². The van der Waals surface area contributed by atoms with E-state index in [4.69, 9.17) is 16.0 Å². The predicted molar refractivity (Wildman–Crippen MR) is 103 cm³/mol. The smallest absolute Gasteiger partial charge is 0.192 e. The second kappa shape index (κ2) is 6.79. The van der Waals surface area contributed by atoms with Crippen LogP contribution in [0.15, 0.2) is 30.5 Å². The summed E-state index contributed by atoms with van der Waals surface area (Å²) in [6.07, 6.45) is 1.82. The fourth-order valence-corrected chi connectivity index (χ4v) is 3.43. The average Bonchev–Trinajstić information content (AvgIpc) is 2.45. The zero-order valence-corrected chi connectivity index (χ0v) is 16.7. The molecule has 0 aliphatic rings. The van der Waals surface area contributed by atoms with Gasteiger partial charge in [0.1, 0.15) is 5.15 Å². The lowest BCUT2D eigenvalue weighted by molar-refractivity contribution is 0.296. The van der Waals surface area contributed by atoms with E-state index in [2.05, 4.69) is 69.0 Å². The van der Waals surface area contributed by atoms with Gasteiger partial charge in [0, 0.05) is 36.2 Å². The van der Waals surface area contributed by atoms with E-state index in [1.807, 2.05) is 12.3 Å². The maximum atomic E-state index is 6.28. The number of halogens is 1. The van der Waals surface area contributed by atoms with Crippen molar-refractivity contribution in [1.82, 2.24) is 4.98 Å². The monoisotopic (exact) mass is 350 g/mol. The van der Waals surface area contributed by atoms with Crippen LogP contribution in [0.1, 0.15) is 20.8 Å². The van der Waals surface area contributed by atoms with Crippen LogP contribution in [0.5, 0.6) is 0 Å². The topological polar surface area (TPSA) is 25.4 Å². The van der Waals surface area contributed by atoms with Crippen LogP contribution in [-0.2, 0) is 4.43 Å². The summed E-state index contributed by atoms with van der Waals surface area (Å²) in [4.78, 5) is 6.39. The molecular weight excluding hydrogens is 324 g/mol. The largest absolute Gasteiger partial charge is 0.415 e. The normalized spacial score (nSPS) is 12.7. The summed E-state index contributed by atoms with van der Waals surface area (Å²) in [6.45, 7) is 13.0. The summed E-state index contributed by atoms with van der Waals surface area (Å²) in [5.74, 6) is 0. The second-order valence-corrected chi connectivity index (χ2v) is 12.7. The minimum absolute atomic E-state index is 0.240. The lowest BCUT2D eigenvalue weighted by Gasteiger charge is -2.36. The van der Waals surface area contributed by atoms with Gasteiger partial charge in [0.05, 0.1) is 6.61 Å². The molecule has 1 aromatic heterocycles. The summed E-state index contributed by atoms with van der Waals surface area (Å²) in [7, 11) is 0.402. The van der Waals surface area contributed by atoms with Gasteiger partial charge in [-0.3, -0.25) is 0 Å². The third-order valence-electron chi connectivity index (χ3n) is 4.81. The van der Waals surface area contributed by atoms with Crippen molar-refractivity contribution < 1.29 is 4.43 Å². The Hall–Kier alpha value is -1.10. The van der Waals surface area contributed by atoms with Gasteiger partial charge in [-0.25, -0.2) is 4.98 Å². The zero-order valence-electron chi connectivity index (χ0n) is 15.0. The Bertz CT molecular complexity index is 682. The number of benzene rings is 1. The molecule has 23 heavy (non-hydrogen) atoms. The number of aromatic nitrogens is 1. The Morgan fingerprint density at radius 3 is 2.61 bits per heavy atom. The van der Waals surface area contributed by atoms with Crippen molar-refractivity contribution >= 4 is 36.4 Å². The van der Waals surface area contributed by atoms with Crippen LogP contribution in [0.3, 0.4) is 0 Å². The van der Waals surface area contributed by atoms with E-state index in [-0.39, 0.29) is 5.04 Å². The molecule has 0 aliphatic heterocycles.